The van der Waals surface area contributed by atoms with Crippen LogP contribution in [-0.4, -0.2) is 39.5 Å². The Kier molecular flexibility index (Phi) is 5.35. The highest BCUT2D eigenvalue weighted by Crippen LogP contribution is 2.21. The second kappa shape index (κ2) is 7.02. The molecule has 0 bridgehead atoms. The SMILES string of the molecule is CCc1nnc(C)cc1C(=O)N1CCCCCC1CCl. The van der Waals surface area contributed by atoms with E-state index in [1.54, 1.807) is 0 Å². The van der Waals surface area contributed by atoms with E-state index in [0.29, 0.717) is 17.9 Å². The van der Waals surface area contributed by atoms with Crippen molar-refractivity contribution in [3.05, 3.63) is 23.0 Å². The van der Waals surface area contributed by atoms with Crippen molar-refractivity contribution in [3.63, 3.8) is 0 Å². The summed E-state index contributed by atoms with van der Waals surface area (Å²) < 4.78 is 0. The fourth-order valence-electron chi connectivity index (χ4n) is 2.72. The Morgan fingerprint density at radius 2 is 2.20 bits per heavy atom. The lowest BCUT2D eigenvalue weighted by Crippen LogP contribution is -2.41. The van der Waals surface area contributed by atoms with Crippen LogP contribution in [0.2, 0.25) is 0 Å². The minimum absolute atomic E-state index is 0.0624. The molecule has 4 nitrogen and oxygen atoms in total. The van der Waals surface area contributed by atoms with E-state index < -0.39 is 0 Å². The Balaban J connectivity index is 2.30. The summed E-state index contributed by atoms with van der Waals surface area (Å²) >= 11 is 6.06. The monoisotopic (exact) mass is 295 g/mol. The molecular formula is C15H22ClN3O. The molecule has 1 aliphatic rings. The number of alkyl halides is 1. The maximum atomic E-state index is 12.9. The van der Waals surface area contributed by atoms with Crippen LogP contribution in [0.4, 0.5) is 0 Å². The predicted octanol–water partition coefficient (Wildman–Crippen LogP) is 2.97. The molecule has 1 amide bonds. The van der Waals surface area contributed by atoms with Crippen LogP contribution < -0.4 is 0 Å². The minimum Gasteiger partial charge on any atom is -0.334 e. The van der Waals surface area contributed by atoms with Gasteiger partial charge in [-0.3, -0.25) is 4.79 Å². The molecule has 0 radical (unpaired) electrons. The van der Waals surface area contributed by atoms with Crippen molar-refractivity contribution in [2.45, 2.75) is 52.0 Å². The van der Waals surface area contributed by atoms with Crippen molar-refractivity contribution in [3.8, 4) is 0 Å². The smallest absolute Gasteiger partial charge is 0.256 e. The number of carbonyl (C=O) groups is 1. The molecule has 0 saturated carbocycles. The van der Waals surface area contributed by atoms with Crippen molar-refractivity contribution in [2.75, 3.05) is 12.4 Å². The topological polar surface area (TPSA) is 46.1 Å². The van der Waals surface area contributed by atoms with Crippen LogP contribution >= 0.6 is 11.6 Å². The molecule has 0 aliphatic carbocycles. The van der Waals surface area contributed by atoms with Crippen molar-refractivity contribution in [1.82, 2.24) is 15.1 Å². The van der Waals surface area contributed by atoms with Gasteiger partial charge >= 0.3 is 0 Å². The average molecular weight is 296 g/mol. The van der Waals surface area contributed by atoms with Gasteiger partial charge in [0.1, 0.15) is 0 Å². The highest BCUT2D eigenvalue weighted by atomic mass is 35.5. The van der Waals surface area contributed by atoms with Gasteiger partial charge in [0.15, 0.2) is 0 Å². The van der Waals surface area contributed by atoms with Gasteiger partial charge in [-0.1, -0.05) is 19.8 Å². The van der Waals surface area contributed by atoms with Crippen LogP contribution in [0.3, 0.4) is 0 Å². The number of hydrogen-bond donors (Lipinski definition) is 0. The van der Waals surface area contributed by atoms with E-state index in [2.05, 4.69) is 10.2 Å². The Morgan fingerprint density at radius 3 is 2.90 bits per heavy atom. The fourth-order valence-corrected chi connectivity index (χ4v) is 3.04. The van der Waals surface area contributed by atoms with Crippen LogP contribution in [0.15, 0.2) is 6.07 Å². The highest BCUT2D eigenvalue weighted by molar-refractivity contribution is 6.18. The Bertz CT molecular complexity index is 478. The maximum Gasteiger partial charge on any atom is 0.256 e. The Hall–Kier alpha value is -1.16. The molecule has 1 aromatic rings. The molecule has 0 spiro atoms. The van der Waals surface area contributed by atoms with Gasteiger partial charge in [0.25, 0.3) is 5.91 Å². The van der Waals surface area contributed by atoms with Crippen molar-refractivity contribution in [2.24, 2.45) is 0 Å². The molecule has 2 heterocycles. The lowest BCUT2D eigenvalue weighted by Gasteiger charge is -2.29. The van der Waals surface area contributed by atoms with E-state index in [1.807, 2.05) is 24.8 Å². The Morgan fingerprint density at radius 1 is 1.40 bits per heavy atom. The normalized spacial score (nSPS) is 19.8. The summed E-state index contributed by atoms with van der Waals surface area (Å²) in [6, 6.07) is 1.99. The van der Waals surface area contributed by atoms with E-state index in [4.69, 9.17) is 11.6 Å². The summed E-state index contributed by atoms with van der Waals surface area (Å²) in [6.45, 7) is 4.66. The number of aromatic nitrogens is 2. The second-order valence-corrected chi connectivity index (χ2v) is 5.66. The van der Waals surface area contributed by atoms with Gasteiger partial charge in [0.2, 0.25) is 0 Å². The van der Waals surface area contributed by atoms with Gasteiger partial charge in [-0.15, -0.1) is 11.6 Å². The molecule has 2 rings (SSSR count). The molecule has 1 aromatic heterocycles. The summed E-state index contributed by atoms with van der Waals surface area (Å²) in [5.41, 5.74) is 2.25. The number of rotatable bonds is 3. The maximum absolute atomic E-state index is 12.9. The number of amides is 1. The van der Waals surface area contributed by atoms with Gasteiger partial charge in [-0.2, -0.15) is 10.2 Å². The molecule has 1 aliphatic heterocycles. The van der Waals surface area contributed by atoms with Gasteiger partial charge in [-0.05, 0) is 32.3 Å². The lowest BCUT2D eigenvalue weighted by atomic mass is 10.1. The molecule has 1 unspecified atom stereocenters. The first kappa shape index (κ1) is 15.2. The van der Waals surface area contributed by atoms with Crippen LogP contribution in [0.5, 0.6) is 0 Å². The zero-order valence-corrected chi connectivity index (χ0v) is 13.0. The summed E-state index contributed by atoms with van der Waals surface area (Å²) in [7, 11) is 0. The van der Waals surface area contributed by atoms with E-state index in [-0.39, 0.29) is 11.9 Å². The number of nitrogens with zero attached hydrogens (tertiary/aromatic N) is 3. The number of aryl methyl sites for hydroxylation is 2. The summed E-state index contributed by atoms with van der Waals surface area (Å²) in [6.07, 6.45) is 5.08. The molecule has 1 saturated heterocycles. The molecule has 1 atom stereocenters. The molecule has 0 aromatic carbocycles. The van der Waals surface area contributed by atoms with Gasteiger partial charge in [0.05, 0.1) is 17.0 Å². The summed E-state index contributed by atoms with van der Waals surface area (Å²) in [5.74, 6) is 0.567. The molecule has 5 heteroatoms. The van der Waals surface area contributed by atoms with E-state index in [0.717, 1.165) is 37.2 Å². The predicted molar refractivity (Wildman–Crippen MR) is 80.2 cm³/mol. The van der Waals surface area contributed by atoms with Crippen LogP contribution in [0, 0.1) is 6.92 Å². The van der Waals surface area contributed by atoms with Crippen LogP contribution in [-0.2, 0) is 6.42 Å². The number of likely N-dealkylation sites (tertiary alicyclic amines) is 1. The number of halogens is 1. The third-order valence-electron chi connectivity index (χ3n) is 3.87. The lowest BCUT2D eigenvalue weighted by molar-refractivity contribution is 0.0698. The highest BCUT2D eigenvalue weighted by Gasteiger charge is 2.27. The Labute approximate surface area is 125 Å². The third kappa shape index (κ3) is 3.29. The zero-order valence-electron chi connectivity index (χ0n) is 12.2. The largest absolute Gasteiger partial charge is 0.334 e. The van der Waals surface area contributed by atoms with Crippen molar-refractivity contribution in [1.29, 1.82) is 0 Å². The first-order chi connectivity index (χ1) is 9.67. The fraction of sp³-hybridized carbons (Fsp3) is 0.667. The number of carbonyl (C=O) groups excluding carboxylic acids is 1. The summed E-state index contributed by atoms with van der Waals surface area (Å²) in [5, 5.41) is 8.21. The standard InChI is InChI=1S/C15H22ClN3O/c1-3-14-13(9-11(2)17-18-14)15(20)19-8-6-4-5-7-12(19)10-16/h9,12H,3-8,10H2,1-2H3. The van der Waals surface area contributed by atoms with E-state index in [9.17, 15) is 4.79 Å². The molecule has 1 fully saturated rings. The zero-order chi connectivity index (χ0) is 14.5. The van der Waals surface area contributed by atoms with E-state index >= 15 is 0 Å². The average Bonchev–Trinajstić information content (AvgIpc) is 2.71. The second-order valence-electron chi connectivity index (χ2n) is 5.36. The first-order valence-corrected chi connectivity index (χ1v) is 7.91. The van der Waals surface area contributed by atoms with Crippen molar-refractivity contribution < 1.29 is 4.79 Å². The molecule has 110 valence electrons. The molecule has 0 N–H and O–H groups in total. The third-order valence-corrected chi connectivity index (χ3v) is 4.23. The quantitative estimate of drug-likeness (QED) is 0.805. The van der Waals surface area contributed by atoms with E-state index in [1.165, 1.54) is 6.42 Å². The molecular weight excluding hydrogens is 274 g/mol. The van der Waals surface area contributed by atoms with Gasteiger partial charge in [0, 0.05) is 18.5 Å². The van der Waals surface area contributed by atoms with Gasteiger partial charge in [-0.25, -0.2) is 0 Å². The van der Waals surface area contributed by atoms with Crippen LogP contribution in [0.1, 0.15) is 54.4 Å². The van der Waals surface area contributed by atoms with Crippen molar-refractivity contribution >= 4 is 17.5 Å². The minimum atomic E-state index is 0.0624. The summed E-state index contributed by atoms with van der Waals surface area (Å²) in [4.78, 5) is 14.8. The first-order valence-electron chi connectivity index (χ1n) is 7.37. The van der Waals surface area contributed by atoms with Crippen LogP contribution in [0.25, 0.3) is 0 Å². The number of hydrogen-bond acceptors (Lipinski definition) is 3. The molecule has 20 heavy (non-hydrogen) atoms. The van der Waals surface area contributed by atoms with Gasteiger partial charge < -0.3 is 4.90 Å².